The van der Waals surface area contributed by atoms with Crippen LogP contribution in [0.15, 0.2) is 66.0 Å². The molecule has 2 aromatic carbocycles. The molecule has 3 aromatic rings. The molecule has 2 heterocycles. The Hall–Kier alpha value is -3.56. The van der Waals surface area contributed by atoms with Crippen molar-refractivity contribution in [3.05, 3.63) is 76.5 Å². The van der Waals surface area contributed by atoms with Crippen LogP contribution >= 0.6 is 11.3 Å². The van der Waals surface area contributed by atoms with Crippen LogP contribution in [0, 0.1) is 0 Å². The molecule has 1 aromatic heterocycles. The average Bonchev–Trinajstić information content (AvgIpc) is 3.48. The lowest BCUT2D eigenvalue weighted by Crippen LogP contribution is -2.53. The molecule has 0 bridgehead atoms. The number of thiophene rings is 1. The molecule has 2 atom stereocenters. The Balaban J connectivity index is 1.31. The highest BCUT2D eigenvalue weighted by atomic mass is 32.1. The van der Waals surface area contributed by atoms with E-state index < -0.39 is 11.8 Å². The lowest BCUT2D eigenvalue weighted by Gasteiger charge is -2.42. The average molecular weight is 537 g/mol. The molecular formula is C29H36N4O4S. The van der Waals surface area contributed by atoms with E-state index in [0.29, 0.717) is 24.5 Å². The van der Waals surface area contributed by atoms with Crippen molar-refractivity contribution in [1.82, 2.24) is 15.5 Å². The van der Waals surface area contributed by atoms with Crippen molar-refractivity contribution in [1.29, 1.82) is 0 Å². The smallest absolute Gasteiger partial charge is 0.309 e. The van der Waals surface area contributed by atoms with Gasteiger partial charge in [-0.25, -0.2) is 0 Å². The van der Waals surface area contributed by atoms with Crippen molar-refractivity contribution < 1.29 is 19.1 Å². The fraction of sp³-hybridized carbons (Fsp3) is 0.379. The van der Waals surface area contributed by atoms with Gasteiger partial charge in [0.25, 0.3) is 0 Å². The molecule has 202 valence electrons. The third kappa shape index (κ3) is 6.85. The predicted octanol–water partition coefficient (Wildman–Crippen LogP) is 3.49. The Morgan fingerprint density at radius 1 is 0.921 bits per heavy atom. The maximum absolute atomic E-state index is 12.8. The van der Waals surface area contributed by atoms with E-state index in [4.69, 9.17) is 9.47 Å². The molecule has 1 aliphatic heterocycles. The third-order valence-corrected chi connectivity index (χ3v) is 7.79. The Labute approximate surface area is 228 Å². The summed E-state index contributed by atoms with van der Waals surface area (Å²) in [6.45, 7) is 5.87. The van der Waals surface area contributed by atoms with Crippen LogP contribution in [0.3, 0.4) is 0 Å². The number of amides is 2. The Morgan fingerprint density at radius 3 is 2.32 bits per heavy atom. The quantitative estimate of drug-likeness (QED) is 0.386. The minimum absolute atomic E-state index is 0.00330. The zero-order valence-corrected chi connectivity index (χ0v) is 23.0. The number of methoxy groups -OCH3 is 2. The van der Waals surface area contributed by atoms with Gasteiger partial charge in [0.1, 0.15) is 0 Å². The van der Waals surface area contributed by atoms with Gasteiger partial charge in [-0.05, 0) is 54.6 Å². The van der Waals surface area contributed by atoms with E-state index >= 15 is 0 Å². The molecule has 4 rings (SSSR count). The maximum Gasteiger partial charge on any atom is 0.309 e. The summed E-state index contributed by atoms with van der Waals surface area (Å²) in [6.07, 6.45) is 0.568. The van der Waals surface area contributed by atoms with Crippen molar-refractivity contribution in [3.63, 3.8) is 0 Å². The molecule has 1 aliphatic rings. The first kappa shape index (κ1) is 27.5. The SMILES string of the molecule is COc1ccc(CCNC(=O)C(=O)N[C@H](C)[C@H](c2cccs2)N2CCN(c3ccccc3)CC2)cc1OC. The van der Waals surface area contributed by atoms with Gasteiger partial charge in [0, 0.05) is 49.3 Å². The van der Waals surface area contributed by atoms with Gasteiger partial charge >= 0.3 is 11.8 Å². The highest BCUT2D eigenvalue weighted by Crippen LogP contribution is 2.30. The first-order valence-corrected chi connectivity index (χ1v) is 13.7. The second-order valence-corrected chi connectivity index (χ2v) is 10.3. The Bertz CT molecular complexity index is 1180. The maximum atomic E-state index is 12.8. The second kappa shape index (κ2) is 13.3. The number of ether oxygens (including phenoxy) is 2. The number of nitrogens with one attached hydrogen (secondary N) is 2. The summed E-state index contributed by atoms with van der Waals surface area (Å²) in [5.41, 5.74) is 2.20. The summed E-state index contributed by atoms with van der Waals surface area (Å²) in [6, 6.07) is 19.9. The fourth-order valence-electron chi connectivity index (χ4n) is 4.89. The monoisotopic (exact) mass is 536 g/mol. The van der Waals surface area contributed by atoms with E-state index in [1.807, 2.05) is 37.3 Å². The number of para-hydroxylation sites is 1. The van der Waals surface area contributed by atoms with Crippen LogP contribution in [-0.4, -0.2) is 69.7 Å². The lowest BCUT2D eigenvalue weighted by atomic mass is 10.0. The standard InChI is InChI=1S/C29H36N4O4S/c1-21(31-29(35)28(34)30-14-13-22-11-12-24(36-2)25(20-22)37-3)27(26-10-7-19-38-26)33-17-15-32(16-18-33)23-8-5-4-6-9-23/h4-12,19-21,27H,13-18H2,1-3H3,(H,30,34)(H,31,35)/t21-,27-/m1/s1. The number of piperazine rings is 1. The molecule has 0 saturated carbocycles. The van der Waals surface area contributed by atoms with Crippen LogP contribution < -0.4 is 25.0 Å². The first-order valence-electron chi connectivity index (χ1n) is 12.9. The van der Waals surface area contributed by atoms with Crippen LogP contribution in [0.5, 0.6) is 11.5 Å². The lowest BCUT2D eigenvalue weighted by molar-refractivity contribution is -0.139. The number of benzene rings is 2. The summed E-state index contributed by atoms with van der Waals surface area (Å²) in [4.78, 5) is 31.4. The van der Waals surface area contributed by atoms with Crippen LogP contribution in [0.25, 0.3) is 0 Å². The van der Waals surface area contributed by atoms with Gasteiger partial charge in [0.2, 0.25) is 0 Å². The van der Waals surface area contributed by atoms with Crippen molar-refractivity contribution in [2.75, 3.05) is 51.8 Å². The van der Waals surface area contributed by atoms with E-state index in [-0.39, 0.29) is 12.1 Å². The topological polar surface area (TPSA) is 83.1 Å². The normalized spacial score (nSPS) is 15.4. The van der Waals surface area contributed by atoms with Crippen molar-refractivity contribution in [2.45, 2.75) is 25.4 Å². The van der Waals surface area contributed by atoms with Crippen LogP contribution in [0.4, 0.5) is 5.69 Å². The molecule has 1 saturated heterocycles. The molecule has 0 spiro atoms. The number of nitrogens with zero attached hydrogens (tertiary/aromatic N) is 2. The van der Waals surface area contributed by atoms with Gasteiger partial charge in [-0.1, -0.05) is 30.3 Å². The van der Waals surface area contributed by atoms with E-state index in [9.17, 15) is 9.59 Å². The third-order valence-electron chi connectivity index (χ3n) is 6.85. The van der Waals surface area contributed by atoms with Gasteiger partial charge in [-0.3, -0.25) is 14.5 Å². The predicted molar refractivity (Wildman–Crippen MR) is 151 cm³/mol. The van der Waals surface area contributed by atoms with Gasteiger partial charge in [0.05, 0.1) is 20.3 Å². The number of carbonyl (C=O) groups excluding carboxylic acids is 2. The second-order valence-electron chi connectivity index (χ2n) is 9.28. The fourth-order valence-corrected chi connectivity index (χ4v) is 5.85. The van der Waals surface area contributed by atoms with E-state index in [2.05, 4.69) is 56.1 Å². The number of carbonyl (C=O) groups is 2. The van der Waals surface area contributed by atoms with Crippen LogP contribution in [0.1, 0.15) is 23.4 Å². The highest BCUT2D eigenvalue weighted by molar-refractivity contribution is 7.10. The van der Waals surface area contributed by atoms with E-state index in [1.165, 1.54) is 10.6 Å². The van der Waals surface area contributed by atoms with Crippen LogP contribution in [0.2, 0.25) is 0 Å². The number of hydrogen-bond donors (Lipinski definition) is 2. The van der Waals surface area contributed by atoms with E-state index in [0.717, 1.165) is 31.7 Å². The number of anilines is 1. The molecular weight excluding hydrogens is 500 g/mol. The van der Waals surface area contributed by atoms with Crippen molar-refractivity contribution in [3.8, 4) is 11.5 Å². The number of rotatable bonds is 10. The largest absolute Gasteiger partial charge is 0.493 e. The first-order chi connectivity index (χ1) is 18.5. The summed E-state index contributed by atoms with van der Waals surface area (Å²) < 4.78 is 10.6. The van der Waals surface area contributed by atoms with E-state index in [1.54, 1.807) is 25.6 Å². The van der Waals surface area contributed by atoms with Crippen molar-refractivity contribution in [2.24, 2.45) is 0 Å². The Kier molecular flexibility index (Phi) is 9.62. The molecule has 0 aliphatic carbocycles. The highest BCUT2D eigenvalue weighted by Gasteiger charge is 2.31. The Morgan fingerprint density at radius 2 is 1.66 bits per heavy atom. The number of hydrogen-bond acceptors (Lipinski definition) is 7. The van der Waals surface area contributed by atoms with Gasteiger partial charge in [0.15, 0.2) is 11.5 Å². The summed E-state index contributed by atoms with van der Waals surface area (Å²) in [5.74, 6) is 0.0352. The molecule has 38 heavy (non-hydrogen) atoms. The molecule has 9 heteroatoms. The zero-order chi connectivity index (χ0) is 26.9. The van der Waals surface area contributed by atoms with Gasteiger partial charge in [-0.15, -0.1) is 11.3 Å². The minimum Gasteiger partial charge on any atom is -0.493 e. The summed E-state index contributed by atoms with van der Waals surface area (Å²) >= 11 is 1.68. The zero-order valence-electron chi connectivity index (χ0n) is 22.2. The van der Waals surface area contributed by atoms with Gasteiger partial charge < -0.3 is 25.0 Å². The molecule has 1 fully saturated rings. The molecule has 0 unspecified atom stereocenters. The van der Waals surface area contributed by atoms with Crippen LogP contribution in [-0.2, 0) is 16.0 Å². The van der Waals surface area contributed by atoms with Crippen molar-refractivity contribution >= 4 is 28.8 Å². The minimum atomic E-state index is -0.629. The molecule has 0 radical (unpaired) electrons. The summed E-state index contributed by atoms with van der Waals surface area (Å²) in [7, 11) is 3.17. The molecule has 2 amide bonds. The summed E-state index contributed by atoms with van der Waals surface area (Å²) in [5, 5.41) is 7.75. The van der Waals surface area contributed by atoms with Gasteiger partial charge in [-0.2, -0.15) is 0 Å². The molecule has 8 nitrogen and oxygen atoms in total. The molecule has 2 N–H and O–H groups in total.